The van der Waals surface area contributed by atoms with Gasteiger partial charge in [-0.1, -0.05) is 71.7 Å². The van der Waals surface area contributed by atoms with Crippen LogP contribution in [0.5, 0.6) is 0 Å². The Balaban J connectivity index is 1.73. The fourth-order valence-electron chi connectivity index (χ4n) is 3.86. The van der Waals surface area contributed by atoms with E-state index in [0.717, 1.165) is 11.1 Å². The Bertz CT molecular complexity index is 1260. The summed E-state index contributed by atoms with van der Waals surface area (Å²) < 4.78 is 0. The van der Waals surface area contributed by atoms with Gasteiger partial charge in [0.1, 0.15) is 0 Å². The second-order valence-electron chi connectivity index (χ2n) is 8.07. The van der Waals surface area contributed by atoms with Gasteiger partial charge in [0.15, 0.2) is 5.11 Å². The minimum Gasteiger partial charge on any atom is -0.346 e. The molecule has 4 rings (SSSR count). The topological polar surface area (TPSA) is 47.9 Å². The van der Waals surface area contributed by atoms with Crippen molar-refractivity contribution in [3.05, 3.63) is 99.5 Å². The molecule has 0 aliphatic carbocycles. The predicted octanol–water partition coefficient (Wildman–Crippen LogP) is 5.70. The fraction of sp³-hybridized carbons (Fsp3) is 0.192. The van der Waals surface area contributed by atoms with E-state index in [1.807, 2.05) is 66.5 Å². The van der Waals surface area contributed by atoms with Gasteiger partial charge < -0.3 is 15.1 Å². The minimum absolute atomic E-state index is 0.00262. The van der Waals surface area contributed by atoms with Crippen LogP contribution in [0.2, 0.25) is 10.0 Å². The second kappa shape index (κ2) is 10.1. The van der Waals surface area contributed by atoms with Crippen LogP contribution in [0.1, 0.15) is 29.7 Å². The number of benzodiazepines with no additional fused rings is 1. The van der Waals surface area contributed by atoms with Gasteiger partial charge in [-0.05, 0) is 49.0 Å². The Morgan fingerprint density at radius 2 is 1.74 bits per heavy atom. The Labute approximate surface area is 215 Å². The van der Waals surface area contributed by atoms with Crippen LogP contribution in [0.4, 0.5) is 5.69 Å². The van der Waals surface area contributed by atoms with Gasteiger partial charge in [0, 0.05) is 35.3 Å². The van der Waals surface area contributed by atoms with Gasteiger partial charge >= 0.3 is 0 Å². The molecular formula is C26H24Cl2N4OS. The minimum atomic E-state index is -0.944. The summed E-state index contributed by atoms with van der Waals surface area (Å²) in [4.78, 5) is 21.8. The molecule has 2 unspecified atom stereocenters. The highest BCUT2D eigenvalue weighted by Gasteiger charge is 2.32. The van der Waals surface area contributed by atoms with Crippen LogP contribution in [-0.4, -0.2) is 41.9 Å². The number of nitrogens with one attached hydrogen (secondary N) is 1. The van der Waals surface area contributed by atoms with E-state index < -0.39 is 6.17 Å². The van der Waals surface area contributed by atoms with Crippen molar-refractivity contribution in [2.24, 2.45) is 4.99 Å². The molecule has 0 radical (unpaired) electrons. The summed E-state index contributed by atoms with van der Waals surface area (Å²) in [6.45, 7) is 2.06. The van der Waals surface area contributed by atoms with Crippen molar-refractivity contribution in [1.82, 2.24) is 10.2 Å². The summed E-state index contributed by atoms with van der Waals surface area (Å²) >= 11 is 18.5. The van der Waals surface area contributed by atoms with Crippen LogP contribution in [0.3, 0.4) is 0 Å². The molecule has 2 atom stereocenters. The second-order valence-corrected chi connectivity index (χ2v) is 9.30. The molecule has 5 nitrogen and oxygen atoms in total. The number of carbonyl (C=O) groups is 1. The van der Waals surface area contributed by atoms with Crippen molar-refractivity contribution in [2.45, 2.75) is 19.1 Å². The highest BCUT2D eigenvalue weighted by atomic mass is 35.5. The van der Waals surface area contributed by atoms with Gasteiger partial charge in [-0.2, -0.15) is 0 Å². The molecule has 0 saturated carbocycles. The van der Waals surface area contributed by atoms with Crippen LogP contribution < -0.4 is 10.2 Å². The smallest absolute Gasteiger partial charge is 0.272 e. The molecule has 3 aromatic carbocycles. The average molecular weight is 511 g/mol. The summed E-state index contributed by atoms with van der Waals surface area (Å²) in [6, 6.07) is 22.8. The number of benzene rings is 3. The maximum atomic E-state index is 13.5. The number of anilines is 1. The van der Waals surface area contributed by atoms with Crippen molar-refractivity contribution in [1.29, 1.82) is 0 Å². The lowest BCUT2D eigenvalue weighted by atomic mass is 10.00. The van der Waals surface area contributed by atoms with E-state index in [2.05, 4.69) is 12.2 Å². The van der Waals surface area contributed by atoms with Gasteiger partial charge in [0.2, 0.25) is 6.17 Å². The number of carbonyl (C=O) groups excluding carboxylic acids is 1. The van der Waals surface area contributed by atoms with Crippen LogP contribution in [-0.2, 0) is 4.79 Å². The first-order valence-corrected chi connectivity index (χ1v) is 11.9. The maximum absolute atomic E-state index is 13.5. The first-order chi connectivity index (χ1) is 16.3. The predicted molar refractivity (Wildman–Crippen MR) is 144 cm³/mol. The molecule has 0 spiro atoms. The van der Waals surface area contributed by atoms with E-state index in [4.69, 9.17) is 40.4 Å². The Kier molecular flexibility index (Phi) is 7.22. The highest BCUT2D eigenvalue weighted by Crippen LogP contribution is 2.32. The molecule has 1 aliphatic rings. The summed E-state index contributed by atoms with van der Waals surface area (Å²) in [7, 11) is 3.61. The summed E-state index contributed by atoms with van der Waals surface area (Å²) in [6.07, 6.45) is -0.944. The number of amides is 1. The van der Waals surface area contributed by atoms with Gasteiger partial charge in [-0.25, -0.2) is 4.99 Å². The molecule has 1 aliphatic heterocycles. The Morgan fingerprint density at radius 1 is 1.06 bits per heavy atom. The zero-order valence-corrected chi connectivity index (χ0v) is 21.3. The van der Waals surface area contributed by atoms with Crippen molar-refractivity contribution in [2.75, 3.05) is 19.0 Å². The van der Waals surface area contributed by atoms with E-state index in [0.29, 0.717) is 32.1 Å². The zero-order valence-electron chi connectivity index (χ0n) is 19.0. The standard InChI is InChI=1S/C26H24Cl2N4OS/c1-16(17-9-5-4-6-10-17)31(2)26(34)30-24-25(33)32(3)22-14-13-18(27)15-20(22)23(29-24)19-11-7-8-12-21(19)28/h4-16,24H,1-3H3,(H,30,34). The molecule has 174 valence electrons. The van der Waals surface area contributed by atoms with Crippen LogP contribution in [0.25, 0.3) is 0 Å². The van der Waals surface area contributed by atoms with E-state index in [-0.39, 0.29) is 11.9 Å². The van der Waals surface area contributed by atoms with E-state index >= 15 is 0 Å². The number of thiocarbonyl (C=S) groups is 1. The van der Waals surface area contributed by atoms with E-state index in [9.17, 15) is 4.79 Å². The molecule has 34 heavy (non-hydrogen) atoms. The molecule has 1 heterocycles. The van der Waals surface area contributed by atoms with Gasteiger partial charge in [-0.15, -0.1) is 0 Å². The molecule has 3 aromatic rings. The number of fused-ring (bicyclic) bond motifs is 1. The lowest BCUT2D eigenvalue weighted by molar-refractivity contribution is -0.119. The third-order valence-electron chi connectivity index (χ3n) is 5.97. The third-order valence-corrected chi connectivity index (χ3v) is 6.94. The van der Waals surface area contributed by atoms with Crippen molar-refractivity contribution >= 4 is 57.8 Å². The largest absolute Gasteiger partial charge is 0.346 e. The molecule has 0 bridgehead atoms. The lowest BCUT2D eigenvalue weighted by Gasteiger charge is -2.30. The molecule has 8 heteroatoms. The molecule has 0 aromatic heterocycles. The van der Waals surface area contributed by atoms with Gasteiger partial charge in [-0.3, -0.25) is 4.79 Å². The summed E-state index contributed by atoms with van der Waals surface area (Å²) in [5.74, 6) is -0.242. The molecule has 1 amide bonds. The molecular weight excluding hydrogens is 487 g/mol. The van der Waals surface area contributed by atoms with E-state index in [1.165, 1.54) is 0 Å². The maximum Gasteiger partial charge on any atom is 0.272 e. The van der Waals surface area contributed by atoms with Crippen LogP contribution >= 0.6 is 35.4 Å². The first kappa shape index (κ1) is 24.2. The highest BCUT2D eigenvalue weighted by molar-refractivity contribution is 7.80. The average Bonchev–Trinajstić information content (AvgIpc) is 2.94. The van der Waals surface area contributed by atoms with Gasteiger partial charge in [0.05, 0.1) is 17.4 Å². The monoisotopic (exact) mass is 510 g/mol. The molecule has 0 saturated heterocycles. The number of hydrogen-bond donors (Lipinski definition) is 1. The normalized spacial score (nSPS) is 16.3. The lowest BCUT2D eigenvalue weighted by Crippen LogP contribution is -2.50. The number of rotatable bonds is 4. The fourth-order valence-corrected chi connectivity index (χ4v) is 4.53. The quantitative estimate of drug-likeness (QED) is 0.457. The Hall–Kier alpha value is -2.93. The number of halogens is 2. The number of hydrogen-bond acceptors (Lipinski definition) is 3. The molecule has 1 N–H and O–H groups in total. The van der Waals surface area contributed by atoms with Crippen molar-refractivity contribution < 1.29 is 4.79 Å². The van der Waals surface area contributed by atoms with Gasteiger partial charge in [0.25, 0.3) is 5.91 Å². The third kappa shape index (κ3) is 4.80. The molecule has 0 fully saturated rings. The Morgan fingerprint density at radius 3 is 2.44 bits per heavy atom. The SMILES string of the molecule is CC(c1ccccc1)N(C)C(=S)NC1N=C(c2ccccc2Cl)c2cc(Cl)ccc2N(C)C1=O. The van der Waals surface area contributed by atoms with Crippen LogP contribution in [0, 0.1) is 0 Å². The summed E-state index contributed by atoms with van der Waals surface area (Å²) in [5, 5.41) is 4.64. The number of aliphatic imine (C=N–C) groups is 1. The van der Waals surface area contributed by atoms with Crippen molar-refractivity contribution in [3.63, 3.8) is 0 Å². The zero-order chi connectivity index (χ0) is 24.4. The van der Waals surface area contributed by atoms with Crippen LogP contribution in [0.15, 0.2) is 77.8 Å². The van der Waals surface area contributed by atoms with E-state index in [1.54, 1.807) is 30.1 Å². The number of nitrogens with zero attached hydrogens (tertiary/aromatic N) is 3. The van der Waals surface area contributed by atoms with Crippen molar-refractivity contribution in [3.8, 4) is 0 Å². The number of likely N-dealkylation sites (N-methyl/N-ethyl adjacent to an activating group) is 1. The first-order valence-electron chi connectivity index (χ1n) is 10.8. The summed E-state index contributed by atoms with van der Waals surface area (Å²) in [5.41, 5.74) is 3.80.